The van der Waals surface area contributed by atoms with Gasteiger partial charge < -0.3 is 10.6 Å². The molecule has 1 aliphatic heterocycles. The van der Waals surface area contributed by atoms with Crippen LogP contribution < -0.4 is 10.6 Å². The van der Waals surface area contributed by atoms with Gasteiger partial charge in [0.25, 0.3) is 0 Å². The highest BCUT2D eigenvalue weighted by molar-refractivity contribution is 6.42. The Hall–Kier alpha value is -0.710. The van der Waals surface area contributed by atoms with Gasteiger partial charge in [-0.05, 0) is 12.5 Å². The van der Waals surface area contributed by atoms with E-state index in [0.717, 1.165) is 6.42 Å². The molecule has 1 fully saturated rings. The van der Waals surface area contributed by atoms with Crippen molar-refractivity contribution in [3.8, 4) is 0 Å². The Morgan fingerprint density at radius 2 is 2.12 bits per heavy atom. The van der Waals surface area contributed by atoms with E-state index in [-0.39, 0.29) is 17.1 Å². The number of pyridine rings is 1. The van der Waals surface area contributed by atoms with E-state index in [9.17, 15) is 4.79 Å². The number of piperidine rings is 1. The van der Waals surface area contributed by atoms with Crippen LogP contribution in [0.5, 0.6) is 0 Å². The van der Waals surface area contributed by atoms with E-state index in [2.05, 4.69) is 15.6 Å². The number of anilines is 1. The number of amides is 1. The summed E-state index contributed by atoms with van der Waals surface area (Å²) in [6.07, 6.45) is 1.24. The van der Waals surface area contributed by atoms with Crippen LogP contribution in [0.2, 0.25) is 15.2 Å². The highest BCUT2D eigenvalue weighted by Crippen LogP contribution is 2.29. The largest absolute Gasteiger partial charge is 0.364 e. The van der Waals surface area contributed by atoms with Gasteiger partial charge in [-0.1, -0.05) is 34.8 Å². The molecule has 4 nitrogen and oxygen atoms in total. The number of carbonyl (C=O) groups excluding carboxylic acids is 1. The summed E-state index contributed by atoms with van der Waals surface area (Å²) in [5, 5.41) is 6.84. The van der Waals surface area contributed by atoms with Crippen molar-refractivity contribution in [3.63, 3.8) is 0 Å². The summed E-state index contributed by atoms with van der Waals surface area (Å²) >= 11 is 17.6. The summed E-state index contributed by atoms with van der Waals surface area (Å²) in [6.45, 7) is 0.553. The SMILES string of the molecule is O=C1CCC(Nc2nc(Cl)c(Cl)cc2Cl)CN1. The van der Waals surface area contributed by atoms with Gasteiger partial charge in [0.1, 0.15) is 11.0 Å². The minimum atomic E-state index is 0.0660. The molecule has 1 aromatic heterocycles. The molecule has 17 heavy (non-hydrogen) atoms. The quantitative estimate of drug-likeness (QED) is 0.825. The normalized spacial score (nSPS) is 19.9. The van der Waals surface area contributed by atoms with Crippen molar-refractivity contribution in [3.05, 3.63) is 21.3 Å². The summed E-state index contributed by atoms with van der Waals surface area (Å²) in [7, 11) is 0. The predicted molar refractivity (Wildman–Crippen MR) is 68.9 cm³/mol. The smallest absolute Gasteiger partial charge is 0.220 e. The lowest BCUT2D eigenvalue weighted by Crippen LogP contribution is -2.42. The number of hydrogen-bond donors (Lipinski definition) is 2. The average molecular weight is 295 g/mol. The maximum atomic E-state index is 11.0. The monoisotopic (exact) mass is 293 g/mol. The molecule has 1 aromatic rings. The molecule has 0 aromatic carbocycles. The van der Waals surface area contributed by atoms with Gasteiger partial charge in [0.15, 0.2) is 0 Å². The molecule has 0 aliphatic carbocycles. The first-order valence-corrected chi connectivity index (χ1v) is 6.24. The minimum absolute atomic E-state index is 0.0660. The van der Waals surface area contributed by atoms with Crippen LogP contribution in [0.3, 0.4) is 0 Å². The Labute approximate surface area is 114 Å². The number of halogens is 3. The van der Waals surface area contributed by atoms with Crippen LogP contribution in [-0.4, -0.2) is 23.5 Å². The fourth-order valence-corrected chi connectivity index (χ4v) is 2.15. The van der Waals surface area contributed by atoms with Crippen molar-refractivity contribution >= 4 is 46.5 Å². The summed E-state index contributed by atoms with van der Waals surface area (Å²) < 4.78 is 0. The standard InChI is InChI=1S/C10H10Cl3N3O/c11-6-3-7(12)10(16-9(6)13)15-5-1-2-8(17)14-4-5/h3,5H,1-2,4H2,(H,14,17)(H,15,16). The van der Waals surface area contributed by atoms with E-state index < -0.39 is 0 Å². The van der Waals surface area contributed by atoms with Crippen LogP contribution in [-0.2, 0) is 4.79 Å². The first-order valence-electron chi connectivity index (χ1n) is 5.11. The topological polar surface area (TPSA) is 54.0 Å². The minimum Gasteiger partial charge on any atom is -0.364 e. The summed E-state index contributed by atoms with van der Waals surface area (Å²) in [6, 6.07) is 1.65. The van der Waals surface area contributed by atoms with Crippen molar-refractivity contribution in [2.75, 3.05) is 11.9 Å². The van der Waals surface area contributed by atoms with Crippen LogP contribution in [0.25, 0.3) is 0 Å². The number of hydrogen-bond acceptors (Lipinski definition) is 3. The summed E-state index contributed by atoms with van der Waals surface area (Å²) in [5.41, 5.74) is 0. The van der Waals surface area contributed by atoms with Gasteiger partial charge in [0.2, 0.25) is 5.91 Å². The Balaban J connectivity index is 2.08. The van der Waals surface area contributed by atoms with Crippen molar-refractivity contribution in [1.82, 2.24) is 10.3 Å². The molecule has 1 amide bonds. The van der Waals surface area contributed by atoms with Crippen LogP contribution in [0.1, 0.15) is 12.8 Å². The molecule has 7 heteroatoms. The van der Waals surface area contributed by atoms with E-state index in [1.54, 1.807) is 6.07 Å². The fourth-order valence-electron chi connectivity index (χ4n) is 1.59. The van der Waals surface area contributed by atoms with Gasteiger partial charge in [-0.3, -0.25) is 4.79 Å². The predicted octanol–water partition coefficient (Wildman–Crippen LogP) is 2.73. The van der Waals surface area contributed by atoms with Gasteiger partial charge in [-0.2, -0.15) is 0 Å². The zero-order chi connectivity index (χ0) is 12.4. The first-order chi connectivity index (χ1) is 8.06. The number of carbonyl (C=O) groups is 1. The second kappa shape index (κ2) is 5.29. The molecule has 1 saturated heterocycles. The molecule has 92 valence electrons. The van der Waals surface area contributed by atoms with E-state index in [0.29, 0.717) is 28.8 Å². The zero-order valence-corrected chi connectivity index (χ0v) is 11.0. The third-order valence-corrected chi connectivity index (χ3v) is 3.45. The van der Waals surface area contributed by atoms with Crippen molar-refractivity contribution in [2.45, 2.75) is 18.9 Å². The summed E-state index contributed by atoms with van der Waals surface area (Å²) in [4.78, 5) is 15.1. The number of rotatable bonds is 2. The van der Waals surface area contributed by atoms with Gasteiger partial charge in [-0.25, -0.2) is 4.98 Å². The average Bonchev–Trinajstić information content (AvgIpc) is 2.29. The molecule has 0 saturated carbocycles. The van der Waals surface area contributed by atoms with E-state index in [4.69, 9.17) is 34.8 Å². The second-order valence-corrected chi connectivity index (χ2v) is 4.95. The maximum absolute atomic E-state index is 11.0. The Kier molecular flexibility index (Phi) is 3.97. The third-order valence-electron chi connectivity index (χ3n) is 2.49. The van der Waals surface area contributed by atoms with Gasteiger partial charge in [0, 0.05) is 19.0 Å². The Bertz CT molecular complexity index is 443. The Morgan fingerprint density at radius 3 is 2.76 bits per heavy atom. The molecule has 2 rings (SSSR count). The van der Waals surface area contributed by atoms with E-state index in [1.807, 2.05) is 0 Å². The third kappa shape index (κ3) is 3.15. The van der Waals surface area contributed by atoms with Crippen LogP contribution >= 0.6 is 34.8 Å². The molecule has 1 aliphatic rings. The molecule has 2 N–H and O–H groups in total. The lowest BCUT2D eigenvalue weighted by molar-refractivity contribution is -0.122. The number of nitrogens with zero attached hydrogens (tertiary/aromatic N) is 1. The highest BCUT2D eigenvalue weighted by Gasteiger charge is 2.19. The number of nitrogens with one attached hydrogen (secondary N) is 2. The zero-order valence-electron chi connectivity index (χ0n) is 8.77. The summed E-state index contributed by atoms with van der Waals surface area (Å²) in [5.74, 6) is 0.554. The van der Waals surface area contributed by atoms with E-state index >= 15 is 0 Å². The molecule has 0 spiro atoms. The Morgan fingerprint density at radius 1 is 1.35 bits per heavy atom. The molecule has 2 heterocycles. The molecular weight excluding hydrogens is 284 g/mol. The maximum Gasteiger partial charge on any atom is 0.220 e. The second-order valence-electron chi connectivity index (χ2n) is 3.78. The molecule has 0 radical (unpaired) electrons. The molecule has 1 unspecified atom stereocenters. The molecular formula is C10H10Cl3N3O. The van der Waals surface area contributed by atoms with E-state index in [1.165, 1.54) is 0 Å². The van der Waals surface area contributed by atoms with Crippen molar-refractivity contribution in [1.29, 1.82) is 0 Å². The van der Waals surface area contributed by atoms with Crippen LogP contribution in [0.4, 0.5) is 5.82 Å². The molecule has 0 bridgehead atoms. The van der Waals surface area contributed by atoms with Gasteiger partial charge in [-0.15, -0.1) is 0 Å². The van der Waals surface area contributed by atoms with Crippen molar-refractivity contribution < 1.29 is 4.79 Å². The molecule has 1 atom stereocenters. The number of aromatic nitrogens is 1. The lowest BCUT2D eigenvalue weighted by atomic mass is 10.1. The van der Waals surface area contributed by atoms with Gasteiger partial charge in [0.05, 0.1) is 10.0 Å². The first kappa shape index (κ1) is 12.7. The fraction of sp³-hybridized carbons (Fsp3) is 0.400. The van der Waals surface area contributed by atoms with Crippen molar-refractivity contribution in [2.24, 2.45) is 0 Å². The van der Waals surface area contributed by atoms with Crippen LogP contribution in [0, 0.1) is 0 Å². The lowest BCUT2D eigenvalue weighted by Gasteiger charge is -2.24. The highest BCUT2D eigenvalue weighted by atomic mass is 35.5. The van der Waals surface area contributed by atoms with Crippen LogP contribution in [0.15, 0.2) is 6.07 Å². The van der Waals surface area contributed by atoms with Gasteiger partial charge >= 0.3 is 0 Å².